The Bertz CT molecular complexity index is 684. The van der Waals surface area contributed by atoms with Crippen molar-refractivity contribution < 1.29 is 13.6 Å². The van der Waals surface area contributed by atoms with Crippen LogP contribution < -0.4 is 10.2 Å². The molecular weight excluding hydrogens is 274 g/mol. The third-order valence-corrected chi connectivity index (χ3v) is 3.15. The zero-order chi connectivity index (χ0) is 15.6. The molecule has 0 atom stereocenters. The van der Waals surface area contributed by atoms with E-state index in [1.54, 1.807) is 12.1 Å². The summed E-state index contributed by atoms with van der Waals surface area (Å²) in [7, 11) is 3.78. The summed E-state index contributed by atoms with van der Waals surface area (Å²) in [5, 5.41) is 2.58. The van der Waals surface area contributed by atoms with Crippen LogP contribution in [0.25, 0.3) is 0 Å². The number of amides is 1. The highest BCUT2D eigenvalue weighted by Gasteiger charge is 2.15. The maximum absolute atomic E-state index is 13.6. The topological polar surface area (TPSA) is 32.3 Å². The Morgan fingerprint density at radius 1 is 1.14 bits per heavy atom. The quantitative estimate of drug-likeness (QED) is 0.937. The van der Waals surface area contributed by atoms with E-state index in [0.717, 1.165) is 17.3 Å². The molecule has 0 aliphatic rings. The maximum Gasteiger partial charge on any atom is 0.258 e. The molecule has 0 aliphatic carbocycles. The van der Waals surface area contributed by atoms with Crippen molar-refractivity contribution >= 4 is 17.3 Å². The summed E-state index contributed by atoms with van der Waals surface area (Å²) in [4.78, 5) is 13.9. The fourth-order valence-electron chi connectivity index (χ4n) is 2.05. The molecular formula is C16H16F2N2O. The smallest absolute Gasteiger partial charge is 0.258 e. The third kappa shape index (κ3) is 3.18. The molecule has 0 unspecified atom stereocenters. The molecule has 0 bridgehead atoms. The van der Waals surface area contributed by atoms with Crippen molar-refractivity contribution in [1.29, 1.82) is 0 Å². The van der Waals surface area contributed by atoms with Gasteiger partial charge in [0.2, 0.25) is 0 Å². The van der Waals surface area contributed by atoms with Gasteiger partial charge in [0.05, 0.1) is 5.56 Å². The summed E-state index contributed by atoms with van der Waals surface area (Å²) in [5.41, 5.74) is 2.20. The first-order chi connectivity index (χ1) is 9.90. The van der Waals surface area contributed by atoms with Gasteiger partial charge >= 0.3 is 0 Å². The number of nitrogens with zero attached hydrogens (tertiary/aromatic N) is 1. The first kappa shape index (κ1) is 15.0. The van der Waals surface area contributed by atoms with E-state index in [0.29, 0.717) is 5.69 Å². The van der Waals surface area contributed by atoms with Gasteiger partial charge in [0.25, 0.3) is 5.91 Å². The first-order valence-corrected chi connectivity index (χ1v) is 6.43. The van der Waals surface area contributed by atoms with E-state index >= 15 is 0 Å². The highest BCUT2D eigenvalue weighted by atomic mass is 19.2. The molecule has 0 radical (unpaired) electrons. The molecule has 0 heterocycles. The van der Waals surface area contributed by atoms with E-state index in [2.05, 4.69) is 5.32 Å². The number of rotatable bonds is 3. The number of halogens is 2. The monoisotopic (exact) mass is 290 g/mol. The van der Waals surface area contributed by atoms with Crippen LogP contribution in [0.1, 0.15) is 15.9 Å². The molecule has 0 saturated heterocycles. The second kappa shape index (κ2) is 5.91. The Morgan fingerprint density at radius 2 is 1.86 bits per heavy atom. The minimum Gasteiger partial charge on any atom is -0.377 e. The van der Waals surface area contributed by atoms with E-state index in [-0.39, 0.29) is 5.56 Å². The highest BCUT2D eigenvalue weighted by molar-refractivity contribution is 6.04. The lowest BCUT2D eigenvalue weighted by atomic mass is 10.1. The molecule has 2 aromatic rings. The standard InChI is InChI=1S/C16H16F2N2O/c1-10-7-8-11(9-14(10)20(2)3)19-16(21)12-5-4-6-13(17)15(12)18/h4-9H,1-3H3,(H,19,21). The lowest BCUT2D eigenvalue weighted by Crippen LogP contribution is -2.16. The van der Waals surface area contributed by atoms with Gasteiger partial charge in [-0.25, -0.2) is 8.78 Å². The van der Waals surface area contributed by atoms with Gasteiger partial charge in [-0.05, 0) is 36.8 Å². The Kier molecular flexibility index (Phi) is 4.21. The number of aryl methyl sites for hydroxylation is 1. The molecule has 3 nitrogen and oxygen atoms in total. The number of benzene rings is 2. The first-order valence-electron chi connectivity index (χ1n) is 6.43. The summed E-state index contributed by atoms with van der Waals surface area (Å²) in [6, 6.07) is 8.87. The largest absolute Gasteiger partial charge is 0.377 e. The van der Waals surface area contributed by atoms with Crippen molar-refractivity contribution in [1.82, 2.24) is 0 Å². The normalized spacial score (nSPS) is 10.3. The molecule has 5 heteroatoms. The highest BCUT2D eigenvalue weighted by Crippen LogP contribution is 2.23. The lowest BCUT2D eigenvalue weighted by molar-refractivity contribution is 0.102. The Hall–Kier alpha value is -2.43. The summed E-state index contributed by atoms with van der Waals surface area (Å²) >= 11 is 0. The lowest BCUT2D eigenvalue weighted by Gasteiger charge is -2.17. The van der Waals surface area contributed by atoms with Gasteiger partial charge in [0, 0.05) is 25.5 Å². The second-order valence-electron chi connectivity index (χ2n) is 4.95. The van der Waals surface area contributed by atoms with Crippen molar-refractivity contribution in [2.75, 3.05) is 24.3 Å². The predicted octanol–water partition coefficient (Wildman–Crippen LogP) is 3.59. The number of carbonyl (C=O) groups excluding carboxylic acids is 1. The molecule has 0 saturated carbocycles. The summed E-state index contributed by atoms with van der Waals surface area (Å²) in [5.74, 6) is -2.86. The van der Waals surface area contributed by atoms with Crippen LogP contribution in [0.4, 0.5) is 20.2 Å². The molecule has 1 amide bonds. The predicted molar refractivity (Wildman–Crippen MR) is 79.8 cm³/mol. The molecule has 21 heavy (non-hydrogen) atoms. The van der Waals surface area contributed by atoms with Gasteiger partial charge < -0.3 is 10.2 Å². The summed E-state index contributed by atoms with van der Waals surface area (Å²) in [6.07, 6.45) is 0. The van der Waals surface area contributed by atoms with Gasteiger partial charge in [0.15, 0.2) is 11.6 Å². The zero-order valence-corrected chi connectivity index (χ0v) is 12.1. The van der Waals surface area contributed by atoms with Gasteiger partial charge in [0.1, 0.15) is 0 Å². The third-order valence-electron chi connectivity index (χ3n) is 3.15. The average Bonchev–Trinajstić information content (AvgIpc) is 2.43. The fourth-order valence-corrected chi connectivity index (χ4v) is 2.05. The van der Waals surface area contributed by atoms with Gasteiger partial charge in [-0.2, -0.15) is 0 Å². The summed E-state index contributed by atoms with van der Waals surface area (Å²) in [6.45, 7) is 1.95. The Morgan fingerprint density at radius 3 is 2.52 bits per heavy atom. The minimum atomic E-state index is -1.14. The van der Waals surface area contributed by atoms with Crippen molar-refractivity contribution in [3.63, 3.8) is 0 Å². The molecule has 0 aromatic heterocycles. The number of carbonyl (C=O) groups is 1. The average molecular weight is 290 g/mol. The van der Waals surface area contributed by atoms with E-state index in [1.165, 1.54) is 12.1 Å². The molecule has 0 fully saturated rings. The van der Waals surface area contributed by atoms with Crippen LogP contribution in [0.5, 0.6) is 0 Å². The van der Waals surface area contributed by atoms with Crippen LogP contribution >= 0.6 is 0 Å². The van der Waals surface area contributed by atoms with Gasteiger partial charge in [-0.15, -0.1) is 0 Å². The molecule has 0 aliphatic heterocycles. The molecule has 1 N–H and O–H groups in total. The van der Waals surface area contributed by atoms with E-state index in [4.69, 9.17) is 0 Å². The van der Waals surface area contributed by atoms with Crippen molar-refractivity contribution in [3.05, 3.63) is 59.2 Å². The molecule has 0 spiro atoms. The van der Waals surface area contributed by atoms with Gasteiger partial charge in [-0.3, -0.25) is 4.79 Å². The SMILES string of the molecule is Cc1ccc(NC(=O)c2cccc(F)c2F)cc1N(C)C. The minimum absolute atomic E-state index is 0.318. The van der Waals surface area contributed by atoms with E-state index in [9.17, 15) is 13.6 Å². The Labute approximate surface area is 122 Å². The fraction of sp³-hybridized carbons (Fsp3) is 0.188. The Balaban J connectivity index is 2.28. The van der Waals surface area contributed by atoms with E-state index in [1.807, 2.05) is 32.0 Å². The van der Waals surface area contributed by atoms with Gasteiger partial charge in [-0.1, -0.05) is 12.1 Å². The summed E-state index contributed by atoms with van der Waals surface area (Å²) < 4.78 is 26.7. The molecule has 2 aromatic carbocycles. The van der Waals surface area contributed by atoms with Crippen LogP contribution in [-0.2, 0) is 0 Å². The number of anilines is 2. The van der Waals surface area contributed by atoms with Crippen molar-refractivity contribution in [3.8, 4) is 0 Å². The van der Waals surface area contributed by atoms with Crippen LogP contribution in [0, 0.1) is 18.6 Å². The van der Waals surface area contributed by atoms with E-state index < -0.39 is 17.5 Å². The number of hydrogen-bond acceptors (Lipinski definition) is 2. The number of hydrogen-bond donors (Lipinski definition) is 1. The van der Waals surface area contributed by atoms with Crippen LogP contribution in [0.2, 0.25) is 0 Å². The second-order valence-corrected chi connectivity index (χ2v) is 4.95. The van der Waals surface area contributed by atoms with Crippen molar-refractivity contribution in [2.24, 2.45) is 0 Å². The number of nitrogens with one attached hydrogen (secondary N) is 1. The maximum atomic E-state index is 13.6. The molecule has 110 valence electrons. The van der Waals surface area contributed by atoms with Crippen LogP contribution in [0.3, 0.4) is 0 Å². The van der Waals surface area contributed by atoms with Crippen LogP contribution in [0.15, 0.2) is 36.4 Å². The molecule has 2 rings (SSSR count). The zero-order valence-electron chi connectivity index (χ0n) is 12.1. The van der Waals surface area contributed by atoms with Crippen molar-refractivity contribution in [2.45, 2.75) is 6.92 Å². The van der Waals surface area contributed by atoms with Crippen LogP contribution in [-0.4, -0.2) is 20.0 Å².